The maximum Gasteiger partial charge on any atom is 0.317 e. The van der Waals surface area contributed by atoms with E-state index in [1.807, 2.05) is 6.92 Å². The second-order valence-corrected chi connectivity index (χ2v) is 4.80. The average molecular weight is 266 g/mol. The Balaban J connectivity index is 1.83. The predicted molar refractivity (Wildman–Crippen MR) is 67.5 cm³/mol. The van der Waals surface area contributed by atoms with Gasteiger partial charge in [0.15, 0.2) is 0 Å². The fourth-order valence-electron chi connectivity index (χ4n) is 2.19. The number of carboxylic acid groups (broad SMARTS) is 1. The van der Waals surface area contributed by atoms with Crippen LogP contribution in [0.1, 0.15) is 31.4 Å². The van der Waals surface area contributed by atoms with E-state index in [2.05, 4.69) is 15.5 Å². The molecule has 1 unspecified atom stereocenters. The summed E-state index contributed by atoms with van der Waals surface area (Å²) in [7, 11) is 0. The molecule has 0 radical (unpaired) electrons. The number of amides is 2. The van der Waals surface area contributed by atoms with Crippen molar-refractivity contribution in [2.24, 2.45) is 5.92 Å². The zero-order valence-electron chi connectivity index (χ0n) is 10.8. The third kappa shape index (κ3) is 3.24. The number of aromatic amines is 1. The van der Waals surface area contributed by atoms with Crippen LogP contribution in [-0.2, 0) is 4.79 Å². The van der Waals surface area contributed by atoms with E-state index in [1.54, 1.807) is 17.3 Å². The number of carbonyl (C=O) groups is 2. The molecule has 2 rings (SSSR count). The van der Waals surface area contributed by atoms with E-state index in [9.17, 15) is 9.59 Å². The maximum absolute atomic E-state index is 12.0. The Labute approximate surface area is 111 Å². The number of aliphatic carboxylic acids is 1. The monoisotopic (exact) mass is 266 g/mol. The van der Waals surface area contributed by atoms with Crippen LogP contribution in [0.4, 0.5) is 4.79 Å². The summed E-state index contributed by atoms with van der Waals surface area (Å²) in [6.07, 6.45) is 4.44. The predicted octanol–water partition coefficient (Wildman–Crippen LogP) is 0.977. The Hall–Kier alpha value is -2.05. The fourth-order valence-corrected chi connectivity index (χ4v) is 2.19. The van der Waals surface area contributed by atoms with Crippen LogP contribution in [0.3, 0.4) is 0 Å². The van der Waals surface area contributed by atoms with E-state index >= 15 is 0 Å². The second kappa shape index (κ2) is 5.73. The molecule has 1 aromatic heterocycles. The van der Waals surface area contributed by atoms with E-state index in [0.29, 0.717) is 25.9 Å². The van der Waals surface area contributed by atoms with Crippen molar-refractivity contribution >= 4 is 12.0 Å². The SMILES string of the molecule is CC(NC(=O)N1CCC(C(=O)O)CC1)c1cn[nH]c1. The van der Waals surface area contributed by atoms with Gasteiger partial charge in [0, 0.05) is 24.8 Å². The summed E-state index contributed by atoms with van der Waals surface area (Å²) in [5.41, 5.74) is 0.911. The molecular weight excluding hydrogens is 248 g/mol. The first-order chi connectivity index (χ1) is 9.08. The van der Waals surface area contributed by atoms with Crippen molar-refractivity contribution < 1.29 is 14.7 Å². The number of rotatable bonds is 3. The van der Waals surface area contributed by atoms with Crippen LogP contribution in [-0.4, -0.2) is 45.3 Å². The summed E-state index contributed by atoms with van der Waals surface area (Å²) < 4.78 is 0. The molecular formula is C12H18N4O3. The third-order valence-corrected chi connectivity index (χ3v) is 3.49. The first kappa shape index (κ1) is 13.4. The number of piperidine rings is 1. The molecule has 1 aromatic rings. The van der Waals surface area contributed by atoms with Crippen LogP contribution in [0.2, 0.25) is 0 Å². The van der Waals surface area contributed by atoms with Crippen LogP contribution in [0.5, 0.6) is 0 Å². The summed E-state index contributed by atoms with van der Waals surface area (Å²) in [5.74, 6) is -1.10. The van der Waals surface area contributed by atoms with Gasteiger partial charge in [-0.2, -0.15) is 5.10 Å². The molecule has 0 spiro atoms. The molecule has 19 heavy (non-hydrogen) atoms. The van der Waals surface area contributed by atoms with Gasteiger partial charge in [0.1, 0.15) is 0 Å². The Kier molecular flexibility index (Phi) is 4.03. The number of urea groups is 1. The van der Waals surface area contributed by atoms with Crippen LogP contribution in [0.25, 0.3) is 0 Å². The largest absolute Gasteiger partial charge is 0.481 e. The van der Waals surface area contributed by atoms with E-state index in [-0.39, 0.29) is 18.0 Å². The van der Waals surface area contributed by atoms with Gasteiger partial charge in [0.25, 0.3) is 0 Å². The minimum Gasteiger partial charge on any atom is -0.481 e. The first-order valence-corrected chi connectivity index (χ1v) is 6.35. The molecule has 1 aliphatic heterocycles. The van der Waals surface area contributed by atoms with Gasteiger partial charge in [0.2, 0.25) is 0 Å². The molecule has 1 aliphatic rings. The number of nitrogens with one attached hydrogen (secondary N) is 2. The van der Waals surface area contributed by atoms with Crippen LogP contribution in [0, 0.1) is 5.92 Å². The Bertz CT molecular complexity index is 438. The van der Waals surface area contributed by atoms with E-state index in [1.165, 1.54) is 0 Å². The molecule has 104 valence electrons. The van der Waals surface area contributed by atoms with Crippen molar-refractivity contribution in [2.45, 2.75) is 25.8 Å². The van der Waals surface area contributed by atoms with Crippen molar-refractivity contribution in [2.75, 3.05) is 13.1 Å². The third-order valence-electron chi connectivity index (χ3n) is 3.49. The maximum atomic E-state index is 12.0. The van der Waals surface area contributed by atoms with Gasteiger partial charge in [-0.25, -0.2) is 4.79 Å². The molecule has 0 saturated carbocycles. The van der Waals surface area contributed by atoms with Gasteiger partial charge in [-0.15, -0.1) is 0 Å². The fraction of sp³-hybridized carbons (Fsp3) is 0.583. The van der Waals surface area contributed by atoms with Crippen molar-refractivity contribution in [1.29, 1.82) is 0 Å². The van der Waals surface area contributed by atoms with Crippen LogP contribution in [0.15, 0.2) is 12.4 Å². The number of carbonyl (C=O) groups excluding carboxylic acids is 1. The lowest BCUT2D eigenvalue weighted by atomic mass is 9.97. The van der Waals surface area contributed by atoms with Crippen molar-refractivity contribution in [3.63, 3.8) is 0 Å². The summed E-state index contributed by atoms with van der Waals surface area (Å²) in [6.45, 7) is 2.86. The highest BCUT2D eigenvalue weighted by atomic mass is 16.4. The molecule has 7 nitrogen and oxygen atoms in total. The van der Waals surface area contributed by atoms with Crippen LogP contribution >= 0.6 is 0 Å². The Morgan fingerprint density at radius 1 is 1.53 bits per heavy atom. The summed E-state index contributed by atoms with van der Waals surface area (Å²) in [6, 6.07) is -0.277. The van der Waals surface area contributed by atoms with Crippen LogP contribution < -0.4 is 5.32 Å². The highest BCUT2D eigenvalue weighted by Gasteiger charge is 2.27. The zero-order chi connectivity index (χ0) is 13.8. The van der Waals surface area contributed by atoms with Crippen molar-refractivity contribution in [1.82, 2.24) is 20.4 Å². The normalized spacial score (nSPS) is 18.1. The lowest BCUT2D eigenvalue weighted by molar-refractivity contribution is -0.143. The quantitative estimate of drug-likeness (QED) is 0.759. The summed E-state index contributed by atoms with van der Waals surface area (Å²) in [5, 5.41) is 18.3. The van der Waals surface area contributed by atoms with Gasteiger partial charge in [0.05, 0.1) is 18.2 Å². The minimum absolute atomic E-state index is 0.122. The van der Waals surface area contributed by atoms with Crippen molar-refractivity contribution in [3.05, 3.63) is 18.0 Å². The smallest absolute Gasteiger partial charge is 0.317 e. The Morgan fingerprint density at radius 3 is 2.74 bits per heavy atom. The standard InChI is InChI=1S/C12H18N4O3/c1-8(10-6-13-14-7-10)15-12(19)16-4-2-9(3-5-16)11(17)18/h6-9H,2-5H2,1H3,(H,13,14)(H,15,19)(H,17,18). The topological polar surface area (TPSA) is 98.3 Å². The molecule has 1 saturated heterocycles. The molecule has 0 aromatic carbocycles. The molecule has 7 heteroatoms. The lowest BCUT2D eigenvalue weighted by Crippen LogP contribution is -2.46. The molecule has 1 fully saturated rings. The van der Waals surface area contributed by atoms with Crippen molar-refractivity contribution in [3.8, 4) is 0 Å². The minimum atomic E-state index is -0.771. The Morgan fingerprint density at radius 2 is 2.21 bits per heavy atom. The lowest BCUT2D eigenvalue weighted by Gasteiger charge is -2.31. The van der Waals surface area contributed by atoms with Gasteiger partial charge in [-0.1, -0.05) is 0 Å². The van der Waals surface area contributed by atoms with Gasteiger partial charge < -0.3 is 15.3 Å². The highest BCUT2D eigenvalue weighted by Crippen LogP contribution is 2.18. The molecule has 0 aliphatic carbocycles. The van der Waals surface area contributed by atoms with E-state index in [4.69, 9.17) is 5.11 Å². The van der Waals surface area contributed by atoms with Gasteiger partial charge >= 0.3 is 12.0 Å². The van der Waals surface area contributed by atoms with E-state index < -0.39 is 5.97 Å². The molecule has 2 amide bonds. The number of nitrogens with zero attached hydrogens (tertiary/aromatic N) is 2. The molecule has 2 heterocycles. The molecule has 0 bridgehead atoms. The summed E-state index contributed by atoms with van der Waals surface area (Å²) in [4.78, 5) is 24.5. The molecule has 3 N–H and O–H groups in total. The van der Waals surface area contributed by atoms with Gasteiger partial charge in [-0.05, 0) is 19.8 Å². The van der Waals surface area contributed by atoms with Gasteiger partial charge in [-0.3, -0.25) is 9.89 Å². The average Bonchev–Trinajstić information content (AvgIpc) is 2.92. The summed E-state index contributed by atoms with van der Waals surface area (Å²) >= 11 is 0. The first-order valence-electron chi connectivity index (χ1n) is 6.35. The zero-order valence-corrected chi connectivity index (χ0v) is 10.8. The number of hydrogen-bond acceptors (Lipinski definition) is 3. The number of hydrogen-bond donors (Lipinski definition) is 3. The van der Waals surface area contributed by atoms with E-state index in [0.717, 1.165) is 5.56 Å². The number of likely N-dealkylation sites (tertiary alicyclic amines) is 1. The second-order valence-electron chi connectivity index (χ2n) is 4.80. The number of aromatic nitrogens is 2. The number of carboxylic acids is 1. The highest BCUT2D eigenvalue weighted by molar-refractivity contribution is 5.75. The number of H-pyrrole nitrogens is 1. The molecule has 1 atom stereocenters.